The summed E-state index contributed by atoms with van der Waals surface area (Å²) in [5.41, 5.74) is 1.61. The molecule has 0 saturated carbocycles. The lowest BCUT2D eigenvalue weighted by atomic mass is 10.0. The molecule has 0 spiro atoms. The molecule has 0 aliphatic rings. The van der Waals surface area contributed by atoms with E-state index in [1.807, 2.05) is 69.4 Å². The number of halogens is 3. The molecule has 3 rings (SSSR count). The Morgan fingerprint density at radius 1 is 0.935 bits per heavy atom. The van der Waals surface area contributed by atoms with Crippen LogP contribution in [0.3, 0.4) is 0 Å². The highest BCUT2D eigenvalue weighted by Crippen LogP contribution is 2.29. The SMILES string of the molecule is CC(C)C(C)N(Cc1cccn1Cc1ccccc1)C(=O)c1ccc(C(F)(F)F)cc1. The summed E-state index contributed by atoms with van der Waals surface area (Å²) in [5.74, 6) is -0.0849. The van der Waals surface area contributed by atoms with E-state index in [-0.39, 0.29) is 23.4 Å². The van der Waals surface area contributed by atoms with Crippen molar-refractivity contribution in [1.82, 2.24) is 9.47 Å². The van der Waals surface area contributed by atoms with Gasteiger partial charge >= 0.3 is 6.18 Å². The molecule has 164 valence electrons. The first kappa shape index (κ1) is 22.7. The second-order valence-corrected chi connectivity index (χ2v) is 8.11. The molecular weight excluding hydrogens is 401 g/mol. The van der Waals surface area contributed by atoms with Gasteiger partial charge in [0.1, 0.15) is 0 Å². The molecule has 0 fully saturated rings. The summed E-state index contributed by atoms with van der Waals surface area (Å²) < 4.78 is 40.8. The molecule has 0 radical (unpaired) electrons. The van der Waals surface area contributed by atoms with E-state index < -0.39 is 11.7 Å². The van der Waals surface area contributed by atoms with E-state index in [1.54, 1.807) is 4.90 Å². The van der Waals surface area contributed by atoms with Crippen LogP contribution in [0.15, 0.2) is 72.9 Å². The molecule has 6 heteroatoms. The number of rotatable bonds is 7. The number of hydrogen-bond donors (Lipinski definition) is 0. The molecule has 0 N–H and O–H groups in total. The van der Waals surface area contributed by atoms with E-state index in [4.69, 9.17) is 0 Å². The molecule has 0 saturated heterocycles. The second-order valence-electron chi connectivity index (χ2n) is 8.11. The number of carbonyl (C=O) groups is 1. The zero-order chi connectivity index (χ0) is 22.6. The smallest absolute Gasteiger partial charge is 0.345 e. The number of benzene rings is 2. The van der Waals surface area contributed by atoms with E-state index in [0.717, 1.165) is 23.4 Å². The van der Waals surface area contributed by atoms with Crippen molar-refractivity contribution in [3.63, 3.8) is 0 Å². The average molecular weight is 428 g/mol. The number of nitrogens with zero attached hydrogens (tertiary/aromatic N) is 2. The molecule has 1 amide bonds. The summed E-state index contributed by atoms with van der Waals surface area (Å²) in [6.07, 6.45) is -2.45. The molecule has 0 aliphatic heterocycles. The summed E-state index contributed by atoms with van der Waals surface area (Å²) >= 11 is 0. The van der Waals surface area contributed by atoms with Gasteiger partial charge in [-0.3, -0.25) is 4.79 Å². The lowest BCUT2D eigenvalue weighted by Crippen LogP contribution is -2.41. The molecule has 1 aromatic heterocycles. The van der Waals surface area contributed by atoms with Crippen molar-refractivity contribution in [2.45, 2.75) is 46.1 Å². The summed E-state index contributed by atoms with van der Waals surface area (Å²) in [4.78, 5) is 15.0. The van der Waals surface area contributed by atoms with Crippen LogP contribution < -0.4 is 0 Å². The van der Waals surface area contributed by atoms with Crippen LogP contribution in [0.4, 0.5) is 13.2 Å². The maximum Gasteiger partial charge on any atom is 0.416 e. The van der Waals surface area contributed by atoms with Gasteiger partial charge in [0.2, 0.25) is 0 Å². The van der Waals surface area contributed by atoms with Crippen molar-refractivity contribution in [3.05, 3.63) is 95.3 Å². The predicted molar refractivity (Wildman–Crippen MR) is 116 cm³/mol. The fourth-order valence-corrected chi connectivity index (χ4v) is 3.43. The first-order valence-corrected chi connectivity index (χ1v) is 10.3. The monoisotopic (exact) mass is 428 g/mol. The van der Waals surface area contributed by atoms with Gasteiger partial charge in [-0.2, -0.15) is 13.2 Å². The quantitative estimate of drug-likeness (QED) is 0.437. The number of aromatic nitrogens is 1. The summed E-state index contributed by atoms with van der Waals surface area (Å²) in [6, 6.07) is 18.3. The Labute approximate surface area is 181 Å². The third kappa shape index (κ3) is 5.57. The molecule has 0 aliphatic carbocycles. The lowest BCUT2D eigenvalue weighted by molar-refractivity contribution is -0.137. The van der Waals surface area contributed by atoms with Gasteiger partial charge in [-0.25, -0.2) is 0 Å². The van der Waals surface area contributed by atoms with Crippen LogP contribution in [0.1, 0.15) is 48.0 Å². The highest BCUT2D eigenvalue weighted by molar-refractivity contribution is 5.94. The maximum atomic E-state index is 13.3. The first-order chi connectivity index (χ1) is 14.7. The minimum atomic E-state index is -4.43. The van der Waals surface area contributed by atoms with E-state index in [0.29, 0.717) is 13.1 Å². The van der Waals surface area contributed by atoms with Crippen molar-refractivity contribution in [1.29, 1.82) is 0 Å². The zero-order valence-corrected chi connectivity index (χ0v) is 17.9. The zero-order valence-electron chi connectivity index (χ0n) is 17.9. The fourth-order valence-electron chi connectivity index (χ4n) is 3.43. The van der Waals surface area contributed by atoms with Crippen LogP contribution in [-0.4, -0.2) is 21.4 Å². The Morgan fingerprint density at radius 3 is 2.16 bits per heavy atom. The van der Waals surface area contributed by atoms with E-state index in [9.17, 15) is 18.0 Å². The third-order valence-corrected chi connectivity index (χ3v) is 5.63. The molecule has 1 atom stereocenters. The van der Waals surface area contributed by atoms with Crippen molar-refractivity contribution >= 4 is 5.91 Å². The molecule has 0 bridgehead atoms. The number of alkyl halides is 3. The van der Waals surface area contributed by atoms with Crippen LogP contribution in [0.2, 0.25) is 0 Å². The topological polar surface area (TPSA) is 25.2 Å². The van der Waals surface area contributed by atoms with Crippen LogP contribution in [-0.2, 0) is 19.3 Å². The van der Waals surface area contributed by atoms with Gasteiger partial charge in [0.25, 0.3) is 5.91 Å². The van der Waals surface area contributed by atoms with Crippen LogP contribution >= 0.6 is 0 Å². The molecule has 31 heavy (non-hydrogen) atoms. The van der Waals surface area contributed by atoms with Gasteiger partial charge in [-0.1, -0.05) is 44.2 Å². The van der Waals surface area contributed by atoms with Crippen molar-refractivity contribution in [2.75, 3.05) is 0 Å². The van der Waals surface area contributed by atoms with Crippen molar-refractivity contribution in [3.8, 4) is 0 Å². The Balaban J connectivity index is 1.86. The molecular formula is C25H27F3N2O. The minimum absolute atomic E-state index is 0.0881. The summed E-state index contributed by atoms with van der Waals surface area (Å²) in [6.45, 7) is 7.08. The van der Waals surface area contributed by atoms with Crippen molar-refractivity contribution in [2.24, 2.45) is 5.92 Å². The van der Waals surface area contributed by atoms with Crippen LogP contribution in [0.5, 0.6) is 0 Å². The van der Waals surface area contributed by atoms with E-state index in [2.05, 4.69) is 4.57 Å². The highest BCUT2D eigenvalue weighted by atomic mass is 19.4. The van der Waals surface area contributed by atoms with Gasteiger partial charge in [0.15, 0.2) is 0 Å². The Bertz CT molecular complexity index is 992. The normalized spacial score (nSPS) is 12.7. The van der Waals surface area contributed by atoms with Gasteiger partial charge in [0.05, 0.1) is 12.1 Å². The van der Waals surface area contributed by atoms with Gasteiger partial charge in [0, 0.05) is 30.0 Å². The van der Waals surface area contributed by atoms with Gasteiger partial charge in [-0.15, -0.1) is 0 Å². The predicted octanol–water partition coefficient (Wildman–Crippen LogP) is 6.24. The fraction of sp³-hybridized carbons (Fsp3) is 0.320. The number of carbonyl (C=O) groups excluding carboxylic acids is 1. The van der Waals surface area contributed by atoms with Crippen molar-refractivity contribution < 1.29 is 18.0 Å². The molecule has 3 nitrogen and oxygen atoms in total. The summed E-state index contributed by atoms with van der Waals surface area (Å²) in [5, 5.41) is 0. The van der Waals surface area contributed by atoms with E-state index in [1.165, 1.54) is 12.1 Å². The van der Waals surface area contributed by atoms with Crippen LogP contribution in [0, 0.1) is 5.92 Å². The number of hydrogen-bond acceptors (Lipinski definition) is 1. The Morgan fingerprint density at radius 2 is 1.58 bits per heavy atom. The maximum absolute atomic E-state index is 13.3. The number of amides is 1. The average Bonchev–Trinajstić information content (AvgIpc) is 3.17. The standard InChI is InChI=1S/C25H27F3N2O/c1-18(2)19(3)30(24(31)21-11-13-22(14-12-21)25(26,27)28)17-23-10-7-15-29(23)16-20-8-5-4-6-9-20/h4-15,18-19H,16-17H2,1-3H3. The highest BCUT2D eigenvalue weighted by Gasteiger charge is 2.31. The second kappa shape index (κ2) is 9.41. The van der Waals surface area contributed by atoms with Gasteiger partial charge < -0.3 is 9.47 Å². The van der Waals surface area contributed by atoms with Gasteiger partial charge in [-0.05, 0) is 54.8 Å². The van der Waals surface area contributed by atoms with E-state index >= 15 is 0 Å². The molecule has 2 aromatic carbocycles. The summed E-state index contributed by atoms with van der Waals surface area (Å²) in [7, 11) is 0. The van der Waals surface area contributed by atoms with Crippen LogP contribution in [0.25, 0.3) is 0 Å². The molecule has 1 unspecified atom stereocenters. The molecule has 1 heterocycles. The first-order valence-electron chi connectivity index (χ1n) is 10.3. The molecule has 3 aromatic rings. The lowest BCUT2D eigenvalue weighted by Gasteiger charge is -2.32. The minimum Gasteiger partial charge on any atom is -0.345 e. The third-order valence-electron chi connectivity index (χ3n) is 5.63. The Kier molecular flexibility index (Phi) is 6.88. The largest absolute Gasteiger partial charge is 0.416 e. The Hall–Kier alpha value is -3.02.